The second kappa shape index (κ2) is 6.01. The van der Waals surface area contributed by atoms with E-state index in [0.717, 1.165) is 24.3 Å². The smallest absolute Gasteiger partial charge is 0.138 e. The summed E-state index contributed by atoms with van der Waals surface area (Å²) in [5, 5.41) is 4.80. The minimum Gasteiger partial charge on any atom is -0.459 e. The van der Waals surface area contributed by atoms with Crippen molar-refractivity contribution in [2.24, 2.45) is 0 Å². The Labute approximate surface area is 122 Å². The lowest BCUT2D eigenvalue weighted by Gasteiger charge is -2.07. The molecule has 110 valence electrons. The summed E-state index contributed by atoms with van der Waals surface area (Å²) in [6.07, 6.45) is 1.02. The molecule has 1 N–H and O–H groups in total. The second-order valence-corrected chi connectivity index (χ2v) is 6.22. The van der Waals surface area contributed by atoms with Crippen LogP contribution < -0.4 is 5.32 Å². The van der Waals surface area contributed by atoms with Crippen LogP contribution in [-0.4, -0.2) is 6.04 Å². The maximum absolute atomic E-state index is 6.25. The lowest BCUT2D eigenvalue weighted by molar-refractivity contribution is 0.481. The molecule has 1 aromatic heterocycles. The summed E-state index contributed by atoms with van der Waals surface area (Å²) >= 11 is 0. The fourth-order valence-corrected chi connectivity index (χ4v) is 2.77. The molecule has 0 radical (unpaired) electrons. The minimum atomic E-state index is 0.471. The van der Waals surface area contributed by atoms with Gasteiger partial charge in [0, 0.05) is 17.0 Å². The highest BCUT2D eigenvalue weighted by Gasteiger charge is 2.18. The Morgan fingerprint density at radius 3 is 2.40 bits per heavy atom. The quantitative estimate of drug-likeness (QED) is 0.836. The van der Waals surface area contributed by atoms with Crippen molar-refractivity contribution in [1.29, 1.82) is 0 Å². The maximum Gasteiger partial charge on any atom is 0.138 e. The highest BCUT2D eigenvalue weighted by Crippen LogP contribution is 2.34. The Balaban J connectivity index is 2.60. The van der Waals surface area contributed by atoms with E-state index in [-0.39, 0.29) is 0 Å². The normalized spacial score (nSPS) is 12.0. The van der Waals surface area contributed by atoms with Gasteiger partial charge in [-0.05, 0) is 30.4 Å². The molecule has 0 amide bonds. The molecule has 0 aliphatic heterocycles. The summed E-state index contributed by atoms with van der Waals surface area (Å²) in [5.41, 5.74) is 5.10. The number of aryl methyl sites for hydroxylation is 2. The van der Waals surface area contributed by atoms with Crippen LogP contribution >= 0.6 is 0 Å². The van der Waals surface area contributed by atoms with Gasteiger partial charge in [-0.2, -0.15) is 0 Å². The van der Waals surface area contributed by atoms with Crippen molar-refractivity contribution >= 4 is 11.0 Å². The number of nitrogens with one attached hydrogen (secondary N) is 1. The van der Waals surface area contributed by atoms with E-state index in [2.05, 4.69) is 59.0 Å². The number of fused-ring (bicyclic) bond motifs is 1. The minimum absolute atomic E-state index is 0.471. The van der Waals surface area contributed by atoms with Gasteiger partial charge in [0.25, 0.3) is 0 Å². The fourth-order valence-electron chi connectivity index (χ4n) is 2.77. The van der Waals surface area contributed by atoms with Gasteiger partial charge in [-0.1, -0.05) is 46.8 Å². The van der Waals surface area contributed by atoms with Gasteiger partial charge >= 0.3 is 0 Å². The Morgan fingerprint density at radius 1 is 1.15 bits per heavy atom. The first-order valence-corrected chi connectivity index (χ1v) is 7.72. The van der Waals surface area contributed by atoms with Gasteiger partial charge in [0.1, 0.15) is 11.3 Å². The van der Waals surface area contributed by atoms with Crippen molar-refractivity contribution in [3.63, 3.8) is 0 Å². The molecule has 2 rings (SSSR count). The van der Waals surface area contributed by atoms with Crippen LogP contribution in [0.4, 0.5) is 0 Å². The number of hydrogen-bond acceptors (Lipinski definition) is 2. The summed E-state index contributed by atoms with van der Waals surface area (Å²) in [6.45, 7) is 14.0. The van der Waals surface area contributed by atoms with Crippen molar-refractivity contribution in [2.75, 3.05) is 0 Å². The van der Waals surface area contributed by atoms with Crippen LogP contribution in [0, 0.1) is 6.92 Å². The number of hydrogen-bond donors (Lipinski definition) is 1. The number of benzene rings is 1. The average molecular weight is 273 g/mol. The zero-order valence-corrected chi connectivity index (χ0v) is 13.6. The molecule has 0 atom stereocenters. The largest absolute Gasteiger partial charge is 0.459 e. The summed E-state index contributed by atoms with van der Waals surface area (Å²) in [7, 11) is 0. The molecule has 0 fully saturated rings. The third-order valence-electron chi connectivity index (χ3n) is 3.91. The summed E-state index contributed by atoms with van der Waals surface area (Å²) in [6, 6.07) is 4.91. The number of rotatable bonds is 5. The van der Waals surface area contributed by atoms with Crippen molar-refractivity contribution in [2.45, 2.75) is 66.5 Å². The lowest BCUT2D eigenvalue weighted by atomic mass is 9.96. The van der Waals surface area contributed by atoms with Crippen LogP contribution in [0.1, 0.15) is 63.0 Å². The first-order chi connectivity index (χ1) is 9.45. The Bertz CT molecular complexity index is 593. The second-order valence-electron chi connectivity index (χ2n) is 6.22. The molecule has 2 aromatic rings. The SMILES string of the molecule is CCc1c(CNC(C)C)oc2c(C(C)C)ccc(C)c12. The van der Waals surface area contributed by atoms with E-state index in [1.807, 2.05) is 0 Å². The predicted molar refractivity (Wildman–Crippen MR) is 86.4 cm³/mol. The van der Waals surface area contributed by atoms with Crippen LogP contribution in [-0.2, 0) is 13.0 Å². The molecule has 1 heterocycles. The first-order valence-electron chi connectivity index (χ1n) is 7.72. The van der Waals surface area contributed by atoms with Gasteiger partial charge in [-0.15, -0.1) is 0 Å². The fraction of sp³-hybridized carbons (Fsp3) is 0.556. The van der Waals surface area contributed by atoms with Crippen molar-refractivity contribution in [3.05, 3.63) is 34.6 Å². The van der Waals surface area contributed by atoms with Gasteiger partial charge in [0.05, 0.1) is 6.54 Å². The molecule has 0 spiro atoms. The molecule has 0 aliphatic rings. The summed E-state index contributed by atoms with van der Waals surface area (Å²) < 4.78 is 6.25. The van der Waals surface area contributed by atoms with Crippen LogP contribution in [0.3, 0.4) is 0 Å². The van der Waals surface area contributed by atoms with E-state index in [4.69, 9.17) is 4.42 Å². The summed E-state index contributed by atoms with van der Waals surface area (Å²) in [4.78, 5) is 0. The maximum atomic E-state index is 6.25. The molecule has 0 bridgehead atoms. The Hall–Kier alpha value is -1.28. The van der Waals surface area contributed by atoms with Gasteiger partial charge in [-0.25, -0.2) is 0 Å². The third-order valence-corrected chi connectivity index (χ3v) is 3.91. The Kier molecular flexibility index (Phi) is 4.54. The molecule has 0 unspecified atom stereocenters. The van der Waals surface area contributed by atoms with Gasteiger partial charge in [-0.3, -0.25) is 0 Å². The van der Waals surface area contributed by atoms with E-state index in [1.54, 1.807) is 0 Å². The zero-order valence-electron chi connectivity index (χ0n) is 13.6. The van der Waals surface area contributed by atoms with Gasteiger partial charge in [0.15, 0.2) is 0 Å². The van der Waals surface area contributed by atoms with Crippen LogP contribution in [0.5, 0.6) is 0 Å². The standard InChI is InChI=1S/C18H27NO/c1-7-14-16(10-19-12(4)5)20-18-15(11(2)3)9-8-13(6)17(14)18/h8-9,11-12,19H,7,10H2,1-6H3. The predicted octanol–water partition coefficient (Wildman–Crippen LogP) is 4.93. The first kappa shape index (κ1) is 15.1. The average Bonchev–Trinajstić information content (AvgIpc) is 2.75. The molecule has 2 nitrogen and oxygen atoms in total. The van der Waals surface area contributed by atoms with Crippen LogP contribution in [0.2, 0.25) is 0 Å². The topological polar surface area (TPSA) is 25.2 Å². The van der Waals surface area contributed by atoms with E-state index < -0.39 is 0 Å². The Morgan fingerprint density at radius 2 is 1.85 bits per heavy atom. The molecule has 0 saturated heterocycles. The van der Waals surface area contributed by atoms with Crippen LogP contribution in [0.15, 0.2) is 16.5 Å². The molecular weight excluding hydrogens is 246 g/mol. The molecule has 0 saturated carbocycles. The lowest BCUT2D eigenvalue weighted by Crippen LogP contribution is -2.22. The van der Waals surface area contributed by atoms with Crippen LogP contribution in [0.25, 0.3) is 11.0 Å². The van der Waals surface area contributed by atoms with Crippen molar-refractivity contribution in [1.82, 2.24) is 5.32 Å². The zero-order chi connectivity index (χ0) is 14.9. The monoisotopic (exact) mass is 273 g/mol. The highest BCUT2D eigenvalue weighted by atomic mass is 16.3. The molecule has 20 heavy (non-hydrogen) atoms. The third kappa shape index (κ3) is 2.76. The van der Waals surface area contributed by atoms with E-state index in [1.165, 1.54) is 22.1 Å². The van der Waals surface area contributed by atoms with Gasteiger partial charge in [0.2, 0.25) is 0 Å². The molecule has 2 heteroatoms. The highest BCUT2D eigenvalue weighted by molar-refractivity contribution is 5.88. The molecule has 1 aromatic carbocycles. The summed E-state index contributed by atoms with van der Waals surface area (Å²) in [5.74, 6) is 1.59. The van der Waals surface area contributed by atoms with Crippen molar-refractivity contribution < 1.29 is 4.42 Å². The number of furan rings is 1. The van der Waals surface area contributed by atoms with Gasteiger partial charge < -0.3 is 9.73 Å². The van der Waals surface area contributed by atoms with E-state index in [0.29, 0.717) is 12.0 Å². The van der Waals surface area contributed by atoms with Crippen molar-refractivity contribution in [3.8, 4) is 0 Å². The molecular formula is C18H27NO. The van der Waals surface area contributed by atoms with E-state index >= 15 is 0 Å². The molecule has 0 aliphatic carbocycles. The van der Waals surface area contributed by atoms with E-state index in [9.17, 15) is 0 Å².